The Morgan fingerprint density at radius 2 is 1.84 bits per heavy atom. The highest BCUT2D eigenvalue weighted by Crippen LogP contribution is 2.39. The molecule has 1 aliphatic heterocycles. The van der Waals surface area contributed by atoms with E-state index in [9.17, 15) is 8.42 Å². The van der Waals surface area contributed by atoms with Gasteiger partial charge in [-0.1, -0.05) is 6.42 Å². The van der Waals surface area contributed by atoms with Gasteiger partial charge in [-0.15, -0.1) is 0 Å². The fourth-order valence-corrected chi connectivity index (χ4v) is 5.56. The number of fused-ring (bicyclic) bond motifs is 1. The van der Waals surface area contributed by atoms with Gasteiger partial charge in [-0.05, 0) is 50.7 Å². The number of benzene rings is 1. The SMILES string of the molecule is CCOc1ccc(S(=O)(=O)N2CC3CCCC(N)C3C2)cc1OCC. The molecule has 2 N–H and O–H groups in total. The fraction of sp³-hybridized carbons (Fsp3) is 0.667. The van der Waals surface area contributed by atoms with Crippen LogP contribution < -0.4 is 15.2 Å². The number of rotatable bonds is 6. The van der Waals surface area contributed by atoms with E-state index in [2.05, 4.69) is 0 Å². The van der Waals surface area contributed by atoms with Crippen LogP contribution in [-0.2, 0) is 10.0 Å². The molecule has 0 amide bonds. The molecule has 1 aromatic carbocycles. The molecule has 7 heteroatoms. The van der Waals surface area contributed by atoms with E-state index in [-0.39, 0.29) is 16.9 Å². The van der Waals surface area contributed by atoms with Gasteiger partial charge in [0.15, 0.2) is 11.5 Å². The maximum atomic E-state index is 13.1. The van der Waals surface area contributed by atoms with Crippen LogP contribution in [0.25, 0.3) is 0 Å². The first-order valence-electron chi connectivity index (χ1n) is 9.12. The Morgan fingerprint density at radius 3 is 2.52 bits per heavy atom. The van der Waals surface area contributed by atoms with Crippen molar-refractivity contribution in [3.8, 4) is 11.5 Å². The third-order valence-corrected chi connectivity index (χ3v) is 7.10. The van der Waals surface area contributed by atoms with Gasteiger partial charge in [0, 0.05) is 25.2 Å². The molecule has 0 spiro atoms. The Balaban J connectivity index is 1.86. The van der Waals surface area contributed by atoms with E-state index in [4.69, 9.17) is 15.2 Å². The van der Waals surface area contributed by atoms with Crippen molar-refractivity contribution in [1.82, 2.24) is 4.31 Å². The first-order chi connectivity index (χ1) is 12.0. The Morgan fingerprint density at radius 1 is 1.12 bits per heavy atom. The van der Waals surface area contributed by atoms with Gasteiger partial charge in [0.1, 0.15) is 0 Å². The van der Waals surface area contributed by atoms with Crippen LogP contribution in [0.4, 0.5) is 0 Å². The highest BCUT2D eigenvalue weighted by molar-refractivity contribution is 7.89. The van der Waals surface area contributed by atoms with Crippen molar-refractivity contribution in [3.63, 3.8) is 0 Å². The molecule has 3 rings (SSSR count). The Hall–Kier alpha value is -1.31. The standard InChI is InChI=1S/C18H28N2O4S/c1-3-23-17-9-8-14(10-18(17)24-4-2)25(21,22)20-11-13-6-5-7-16(19)15(13)12-20/h8-10,13,15-16H,3-7,11-12,19H2,1-2H3. The zero-order valence-corrected chi connectivity index (χ0v) is 15.8. The molecule has 3 unspecified atom stereocenters. The molecule has 0 bridgehead atoms. The molecular weight excluding hydrogens is 340 g/mol. The van der Waals surface area contributed by atoms with Crippen molar-refractivity contribution in [1.29, 1.82) is 0 Å². The van der Waals surface area contributed by atoms with Crippen molar-refractivity contribution in [3.05, 3.63) is 18.2 Å². The summed E-state index contributed by atoms with van der Waals surface area (Å²) in [5, 5.41) is 0. The van der Waals surface area contributed by atoms with E-state index in [1.807, 2.05) is 13.8 Å². The van der Waals surface area contributed by atoms with Crippen molar-refractivity contribution in [2.75, 3.05) is 26.3 Å². The fourth-order valence-electron chi connectivity index (χ4n) is 4.01. The maximum absolute atomic E-state index is 13.1. The van der Waals surface area contributed by atoms with E-state index in [1.165, 1.54) is 0 Å². The van der Waals surface area contributed by atoms with Gasteiger partial charge in [-0.3, -0.25) is 0 Å². The van der Waals surface area contributed by atoms with Crippen molar-refractivity contribution in [2.45, 2.75) is 44.0 Å². The summed E-state index contributed by atoms with van der Waals surface area (Å²) in [5.74, 6) is 1.70. The summed E-state index contributed by atoms with van der Waals surface area (Å²) in [6.45, 7) is 5.79. The summed E-state index contributed by atoms with van der Waals surface area (Å²) in [6, 6.07) is 4.96. The van der Waals surface area contributed by atoms with Crippen molar-refractivity contribution >= 4 is 10.0 Å². The molecule has 2 fully saturated rings. The van der Waals surface area contributed by atoms with E-state index >= 15 is 0 Å². The summed E-state index contributed by atoms with van der Waals surface area (Å²) < 4.78 is 38.9. The van der Waals surface area contributed by atoms with Gasteiger partial charge in [0.25, 0.3) is 0 Å². The molecule has 1 saturated heterocycles. The summed E-state index contributed by atoms with van der Waals surface area (Å²) in [4.78, 5) is 0.256. The van der Waals surface area contributed by atoms with Gasteiger partial charge in [0.2, 0.25) is 10.0 Å². The predicted molar refractivity (Wildman–Crippen MR) is 96.3 cm³/mol. The number of ether oxygens (including phenoxy) is 2. The van der Waals surface area contributed by atoms with Crippen molar-refractivity contribution < 1.29 is 17.9 Å². The lowest BCUT2D eigenvalue weighted by Gasteiger charge is -2.29. The summed E-state index contributed by atoms with van der Waals surface area (Å²) in [6.07, 6.45) is 3.15. The van der Waals surface area contributed by atoms with E-state index in [1.54, 1.807) is 22.5 Å². The second-order valence-electron chi connectivity index (χ2n) is 6.82. The third-order valence-electron chi connectivity index (χ3n) is 5.27. The Kier molecular flexibility index (Phi) is 5.55. The minimum absolute atomic E-state index is 0.110. The molecule has 0 radical (unpaired) electrons. The van der Waals surface area contributed by atoms with Crippen LogP contribution in [0.15, 0.2) is 23.1 Å². The maximum Gasteiger partial charge on any atom is 0.243 e. The zero-order chi connectivity index (χ0) is 18.0. The minimum atomic E-state index is -3.55. The van der Waals surface area contributed by atoms with Crippen LogP contribution in [-0.4, -0.2) is 45.1 Å². The molecule has 2 aliphatic rings. The Bertz CT molecular complexity index is 707. The third kappa shape index (κ3) is 3.64. The first-order valence-corrected chi connectivity index (χ1v) is 10.6. The molecule has 1 aromatic rings. The van der Waals surface area contributed by atoms with Gasteiger partial charge in [0.05, 0.1) is 18.1 Å². The zero-order valence-electron chi connectivity index (χ0n) is 15.0. The number of hydrogen-bond donors (Lipinski definition) is 1. The highest BCUT2D eigenvalue weighted by atomic mass is 32.2. The summed E-state index contributed by atoms with van der Waals surface area (Å²) >= 11 is 0. The lowest BCUT2D eigenvalue weighted by molar-refractivity contribution is 0.260. The van der Waals surface area contributed by atoms with Crippen LogP contribution in [0.5, 0.6) is 11.5 Å². The summed E-state index contributed by atoms with van der Waals surface area (Å²) in [5.41, 5.74) is 6.22. The number of nitrogens with zero attached hydrogens (tertiary/aromatic N) is 1. The van der Waals surface area contributed by atoms with E-state index in [0.29, 0.717) is 43.7 Å². The average Bonchev–Trinajstić information content (AvgIpc) is 3.03. The Labute approximate surface area is 150 Å². The molecule has 1 saturated carbocycles. The summed E-state index contributed by atoms with van der Waals surface area (Å²) in [7, 11) is -3.55. The monoisotopic (exact) mass is 368 g/mol. The smallest absolute Gasteiger partial charge is 0.243 e. The van der Waals surface area contributed by atoms with Crippen LogP contribution >= 0.6 is 0 Å². The first kappa shape index (κ1) is 18.5. The largest absolute Gasteiger partial charge is 0.490 e. The van der Waals surface area contributed by atoms with Crippen molar-refractivity contribution in [2.24, 2.45) is 17.6 Å². The van der Waals surface area contributed by atoms with E-state index < -0.39 is 10.0 Å². The molecule has 25 heavy (non-hydrogen) atoms. The highest BCUT2D eigenvalue weighted by Gasteiger charge is 2.43. The second-order valence-corrected chi connectivity index (χ2v) is 8.75. The minimum Gasteiger partial charge on any atom is -0.490 e. The molecule has 6 nitrogen and oxygen atoms in total. The predicted octanol–water partition coefficient (Wildman–Crippen LogP) is 2.23. The molecule has 1 heterocycles. The average molecular weight is 368 g/mol. The molecular formula is C18H28N2O4S. The van der Waals surface area contributed by atoms with Gasteiger partial charge in [-0.2, -0.15) is 4.31 Å². The van der Waals surface area contributed by atoms with Crippen LogP contribution in [0, 0.1) is 11.8 Å². The lowest BCUT2D eigenvalue weighted by Crippen LogP contribution is -2.38. The van der Waals surface area contributed by atoms with Gasteiger partial charge in [-0.25, -0.2) is 8.42 Å². The normalized spacial score (nSPS) is 27.1. The quantitative estimate of drug-likeness (QED) is 0.833. The molecule has 1 aliphatic carbocycles. The molecule has 140 valence electrons. The van der Waals surface area contributed by atoms with Crippen LogP contribution in [0.1, 0.15) is 33.1 Å². The number of sulfonamides is 1. The van der Waals surface area contributed by atoms with Gasteiger partial charge >= 0.3 is 0 Å². The molecule has 3 atom stereocenters. The van der Waals surface area contributed by atoms with Crippen LogP contribution in [0.3, 0.4) is 0 Å². The lowest BCUT2D eigenvalue weighted by atomic mass is 9.78. The van der Waals surface area contributed by atoms with Crippen LogP contribution in [0.2, 0.25) is 0 Å². The number of nitrogens with two attached hydrogens (primary N) is 1. The molecule has 0 aromatic heterocycles. The number of hydrogen-bond acceptors (Lipinski definition) is 5. The van der Waals surface area contributed by atoms with Gasteiger partial charge < -0.3 is 15.2 Å². The topological polar surface area (TPSA) is 81.9 Å². The van der Waals surface area contributed by atoms with E-state index in [0.717, 1.165) is 19.3 Å². The second kappa shape index (κ2) is 7.51.